The molecule has 0 amide bonds. The fourth-order valence-corrected chi connectivity index (χ4v) is 1.39. The number of rotatable bonds is 2. The van der Waals surface area contributed by atoms with Gasteiger partial charge in [-0.1, -0.05) is 0 Å². The SMILES string of the molecule is COCc1coc2ccc(F)c(F)c12. The minimum Gasteiger partial charge on any atom is -0.464 e. The van der Waals surface area contributed by atoms with Crippen molar-refractivity contribution in [1.29, 1.82) is 0 Å². The first kappa shape index (κ1) is 9.15. The topological polar surface area (TPSA) is 22.4 Å². The predicted octanol–water partition coefficient (Wildman–Crippen LogP) is 2.86. The van der Waals surface area contributed by atoms with Crippen molar-refractivity contribution in [3.05, 3.63) is 35.6 Å². The van der Waals surface area contributed by atoms with Crippen LogP contribution in [0.1, 0.15) is 5.56 Å². The van der Waals surface area contributed by atoms with Gasteiger partial charge >= 0.3 is 0 Å². The Balaban J connectivity index is 2.69. The van der Waals surface area contributed by atoms with Crippen molar-refractivity contribution in [3.63, 3.8) is 0 Å². The summed E-state index contributed by atoms with van der Waals surface area (Å²) in [4.78, 5) is 0. The minimum absolute atomic E-state index is 0.159. The maximum absolute atomic E-state index is 13.3. The fourth-order valence-electron chi connectivity index (χ4n) is 1.39. The number of benzene rings is 1. The third-order valence-electron chi connectivity index (χ3n) is 2.01. The highest BCUT2D eigenvalue weighted by Crippen LogP contribution is 2.26. The summed E-state index contributed by atoms with van der Waals surface area (Å²) in [7, 11) is 1.48. The van der Waals surface area contributed by atoms with Crippen LogP contribution in [0.2, 0.25) is 0 Å². The zero-order valence-electron chi connectivity index (χ0n) is 7.51. The van der Waals surface area contributed by atoms with Crippen LogP contribution >= 0.6 is 0 Å². The van der Waals surface area contributed by atoms with Gasteiger partial charge in [0.2, 0.25) is 0 Å². The van der Waals surface area contributed by atoms with Crippen molar-refractivity contribution < 1.29 is 17.9 Å². The summed E-state index contributed by atoms with van der Waals surface area (Å²) in [6.45, 7) is 0.202. The van der Waals surface area contributed by atoms with E-state index in [2.05, 4.69) is 0 Å². The zero-order valence-corrected chi connectivity index (χ0v) is 7.51. The van der Waals surface area contributed by atoms with E-state index in [0.717, 1.165) is 6.07 Å². The maximum atomic E-state index is 13.3. The van der Waals surface area contributed by atoms with Crippen LogP contribution in [0.5, 0.6) is 0 Å². The number of hydrogen-bond acceptors (Lipinski definition) is 2. The molecule has 74 valence electrons. The molecule has 0 atom stereocenters. The molecule has 0 unspecified atom stereocenters. The summed E-state index contributed by atoms with van der Waals surface area (Å²) < 4.78 is 36.1. The van der Waals surface area contributed by atoms with Crippen molar-refractivity contribution in [2.45, 2.75) is 6.61 Å². The summed E-state index contributed by atoms with van der Waals surface area (Å²) in [5.41, 5.74) is 0.843. The van der Waals surface area contributed by atoms with Crippen LogP contribution in [0.15, 0.2) is 22.8 Å². The van der Waals surface area contributed by atoms with Gasteiger partial charge in [-0.05, 0) is 12.1 Å². The average molecular weight is 198 g/mol. The van der Waals surface area contributed by atoms with Gasteiger partial charge in [-0.25, -0.2) is 8.78 Å². The molecule has 4 heteroatoms. The van der Waals surface area contributed by atoms with Gasteiger partial charge in [-0.2, -0.15) is 0 Å². The van der Waals surface area contributed by atoms with Crippen molar-refractivity contribution in [3.8, 4) is 0 Å². The Morgan fingerprint density at radius 2 is 2.14 bits per heavy atom. The lowest BCUT2D eigenvalue weighted by Crippen LogP contribution is -1.89. The molecule has 2 rings (SSSR count). The summed E-state index contributed by atoms with van der Waals surface area (Å²) >= 11 is 0. The minimum atomic E-state index is -0.886. The Labute approximate surface area is 79.1 Å². The Bertz CT molecular complexity index is 462. The highest BCUT2D eigenvalue weighted by atomic mass is 19.2. The number of ether oxygens (including phenoxy) is 1. The van der Waals surface area contributed by atoms with Crippen LogP contribution in [0.3, 0.4) is 0 Å². The van der Waals surface area contributed by atoms with Gasteiger partial charge in [0, 0.05) is 12.7 Å². The molecule has 0 aliphatic heterocycles. The highest BCUT2D eigenvalue weighted by molar-refractivity contribution is 5.81. The number of hydrogen-bond donors (Lipinski definition) is 0. The van der Waals surface area contributed by atoms with Crippen LogP contribution in [-0.4, -0.2) is 7.11 Å². The monoisotopic (exact) mass is 198 g/mol. The number of methoxy groups -OCH3 is 1. The first-order valence-corrected chi connectivity index (χ1v) is 4.07. The Hall–Kier alpha value is -1.42. The molecule has 0 saturated heterocycles. The van der Waals surface area contributed by atoms with E-state index in [9.17, 15) is 8.78 Å². The highest BCUT2D eigenvalue weighted by Gasteiger charge is 2.14. The Morgan fingerprint density at radius 3 is 2.86 bits per heavy atom. The van der Waals surface area contributed by atoms with Crippen molar-refractivity contribution >= 4 is 11.0 Å². The van der Waals surface area contributed by atoms with Crippen molar-refractivity contribution in [2.24, 2.45) is 0 Å². The maximum Gasteiger partial charge on any atom is 0.170 e. The summed E-state index contributed by atoms with van der Waals surface area (Å²) in [6.07, 6.45) is 1.37. The van der Waals surface area contributed by atoms with E-state index in [0.29, 0.717) is 11.1 Å². The summed E-state index contributed by atoms with van der Waals surface area (Å²) in [5, 5.41) is 0.159. The number of furan rings is 1. The molecule has 2 aromatic rings. The van der Waals surface area contributed by atoms with Gasteiger partial charge in [0.1, 0.15) is 5.58 Å². The van der Waals surface area contributed by atoms with Crippen molar-refractivity contribution in [1.82, 2.24) is 0 Å². The largest absolute Gasteiger partial charge is 0.464 e. The van der Waals surface area contributed by atoms with Gasteiger partial charge in [-0.3, -0.25) is 0 Å². The van der Waals surface area contributed by atoms with E-state index in [1.54, 1.807) is 0 Å². The summed E-state index contributed by atoms with van der Waals surface area (Å²) in [6, 6.07) is 2.44. The molecule has 1 aromatic carbocycles. The Kier molecular flexibility index (Phi) is 2.21. The molecule has 1 aromatic heterocycles. The molecule has 1 heterocycles. The standard InChI is InChI=1S/C10H8F2O2/c1-13-4-6-5-14-8-3-2-7(11)10(12)9(6)8/h2-3,5H,4H2,1H3. The van der Waals surface area contributed by atoms with Gasteiger partial charge < -0.3 is 9.15 Å². The lowest BCUT2D eigenvalue weighted by Gasteiger charge is -1.97. The van der Waals surface area contributed by atoms with Gasteiger partial charge in [0.15, 0.2) is 11.6 Å². The molecule has 0 aliphatic carbocycles. The van der Waals surface area contributed by atoms with Crippen LogP contribution in [0.25, 0.3) is 11.0 Å². The smallest absolute Gasteiger partial charge is 0.170 e. The molecule has 0 fully saturated rings. The quantitative estimate of drug-likeness (QED) is 0.740. The third kappa shape index (κ3) is 1.28. The first-order chi connectivity index (χ1) is 6.74. The fraction of sp³-hybridized carbons (Fsp3) is 0.200. The van der Waals surface area contributed by atoms with E-state index in [4.69, 9.17) is 9.15 Å². The normalized spacial score (nSPS) is 11.1. The summed E-state index contributed by atoms with van der Waals surface area (Å²) in [5.74, 6) is -1.76. The molecule has 0 spiro atoms. The predicted molar refractivity (Wildman–Crippen MR) is 46.8 cm³/mol. The molecule has 0 bridgehead atoms. The van der Waals surface area contributed by atoms with E-state index in [1.807, 2.05) is 0 Å². The molecule has 2 nitrogen and oxygen atoms in total. The molecule has 14 heavy (non-hydrogen) atoms. The second-order valence-electron chi connectivity index (χ2n) is 2.93. The zero-order chi connectivity index (χ0) is 10.1. The van der Waals surface area contributed by atoms with E-state index >= 15 is 0 Å². The molecular formula is C10H8F2O2. The van der Waals surface area contributed by atoms with Crippen molar-refractivity contribution in [2.75, 3.05) is 7.11 Å². The lowest BCUT2D eigenvalue weighted by atomic mass is 10.1. The molecule has 0 aliphatic rings. The second-order valence-corrected chi connectivity index (χ2v) is 2.93. The van der Waals surface area contributed by atoms with Gasteiger partial charge in [0.25, 0.3) is 0 Å². The molecule has 0 saturated carbocycles. The lowest BCUT2D eigenvalue weighted by molar-refractivity contribution is 0.185. The van der Waals surface area contributed by atoms with E-state index in [1.165, 1.54) is 19.4 Å². The third-order valence-corrected chi connectivity index (χ3v) is 2.01. The first-order valence-electron chi connectivity index (χ1n) is 4.07. The van der Waals surface area contributed by atoms with E-state index in [-0.39, 0.29) is 12.0 Å². The second kappa shape index (κ2) is 3.38. The van der Waals surface area contributed by atoms with Crippen LogP contribution in [-0.2, 0) is 11.3 Å². The van der Waals surface area contributed by atoms with Gasteiger partial charge in [0.05, 0.1) is 18.3 Å². The molecular weight excluding hydrogens is 190 g/mol. The number of fused-ring (bicyclic) bond motifs is 1. The molecule has 0 radical (unpaired) electrons. The average Bonchev–Trinajstić information content (AvgIpc) is 2.57. The number of halogens is 2. The van der Waals surface area contributed by atoms with Gasteiger partial charge in [-0.15, -0.1) is 0 Å². The Morgan fingerprint density at radius 1 is 1.36 bits per heavy atom. The van der Waals surface area contributed by atoms with Crippen LogP contribution in [0.4, 0.5) is 8.78 Å². The van der Waals surface area contributed by atoms with Crippen LogP contribution < -0.4 is 0 Å². The van der Waals surface area contributed by atoms with Crippen LogP contribution in [0, 0.1) is 11.6 Å². The molecule has 0 N–H and O–H groups in total. The van der Waals surface area contributed by atoms with E-state index < -0.39 is 11.6 Å².